The highest BCUT2D eigenvalue weighted by atomic mass is 15.4. The number of benzene rings is 1. The van der Waals surface area contributed by atoms with Gasteiger partial charge >= 0.3 is 0 Å². The van der Waals surface area contributed by atoms with E-state index in [0.717, 1.165) is 60.6 Å². The van der Waals surface area contributed by atoms with Gasteiger partial charge < -0.3 is 9.80 Å². The summed E-state index contributed by atoms with van der Waals surface area (Å²) >= 11 is 0. The molecule has 5 rings (SSSR count). The van der Waals surface area contributed by atoms with Crippen LogP contribution in [0.3, 0.4) is 0 Å². The zero-order valence-electron chi connectivity index (χ0n) is 16.7. The number of hydrogen-bond acceptors (Lipinski definition) is 4. The number of fused-ring (bicyclic) bond motifs is 3. The predicted octanol–water partition coefficient (Wildman–Crippen LogP) is 2.84. The molecule has 0 aliphatic carbocycles. The molecule has 4 heterocycles. The quantitative estimate of drug-likeness (QED) is 0.366. The Hall–Kier alpha value is -3.40. The molecule has 1 unspecified atom stereocenters. The van der Waals surface area contributed by atoms with Gasteiger partial charge in [0.1, 0.15) is 0 Å². The molecule has 2 aliphatic heterocycles. The van der Waals surface area contributed by atoms with Crippen LogP contribution in [-0.2, 0) is 12.0 Å². The molecule has 7 nitrogen and oxygen atoms in total. The van der Waals surface area contributed by atoms with Gasteiger partial charge in [0.15, 0.2) is 0 Å². The summed E-state index contributed by atoms with van der Waals surface area (Å²) in [6.07, 6.45) is 5.99. The maximum atomic E-state index is 9.05. The molecule has 2 aliphatic rings. The van der Waals surface area contributed by atoms with E-state index in [1.54, 1.807) is 0 Å². The highest BCUT2D eigenvalue weighted by Gasteiger charge is 2.46. The van der Waals surface area contributed by atoms with E-state index in [1.165, 1.54) is 5.69 Å². The smallest absolute Gasteiger partial charge is 0.212 e. The van der Waals surface area contributed by atoms with E-state index in [1.807, 2.05) is 49.6 Å². The van der Waals surface area contributed by atoms with Crippen LogP contribution in [0.25, 0.3) is 22.2 Å². The topological polar surface area (TPSA) is 73.3 Å². The minimum Gasteiger partial charge on any atom is -0.348 e. The second kappa shape index (κ2) is 6.59. The van der Waals surface area contributed by atoms with Crippen LogP contribution in [0.2, 0.25) is 0 Å². The summed E-state index contributed by atoms with van der Waals surface area (Å²) in [5, 5.41) is 15.1. The van der Waals surface area contributed by atoms with Gasteiger partial charge in [0, 0.05) is 62.0 Å². The van der Waals surface area contributed by atoms with Crippen molar-refractivity contribution in [2.45, 2.75) is 24.8 Å². The average Bonchev–Trinajstić information content (AvgIpc) is 3.42. The summed E-state index contributed by atoms with van der Waals surface area (Å²) in [6, 6.07) is 12.6. The number of guanidine groups is 1. The maximum absolute atomic E-state index is 9.05. The molecule has 1 atom stereocenters. The molecule has 29 heavy (non-hydrogen) atoms. The van der Waals surface area contributed by atoms with Crippen molar-refractivity contribution in [3.8, 4) is 17.5 Å². The lowest BCUT2D eigenvalue weighted by atomic mass is 9.82. The standard InChI is InChI=1S/C22H23N7/c1-27(2)21(25-15-23)28-9-7-22(14-28)8-10-29-20(22)12-19(26-29)17-11-16-5-3-4-6-18(16)24-13-17/h3-6,11-13H,7-10,14H2,1-2H3. The first kappa shape index (κ1) is 17.7. The molecular weight excluding hydrogens is 362 g/mol. The molecule has 0 radical (unpaired) electrons. The van der Waals surface area contributed by atoms with E-state index in [2.05, 4.69) is 37.8 Å². The number of pyridine rings is 1. The Labute approximate surface area is 169 Å². The van der Waals surface area contributed by atoms with Gasteiger partial charge in [0.05, 0.1) is 11.2 Å². The Balaban J connectivity index is 1.47. The minimum atomic E-state index is 0.0712. The lowest BCUT2D eigenvalue weighted by Gasteiger charge is -2.27. The van der Waals surface area contributed by atoms with Gasteiger partial charge in [-0.2, -0.15) is 10.4 Å². The molecule has 1 spiro atoms. The Morgan fingerprint density at radius 3 is 2.86 bits per heavy atom. The van der Waals surface area contributed by atoms with Gasteiger partial charge in [-0.25, -0.2) is 0 Å². The molecule has 0 N–H and O–H groups in total. The molecule has 3 aromatic rings. The van der Waals surface area contributed by atoms with E-state index in [-0.39, 0.29) is 5.41 Å². The Bertz CT molecular complexity index is 1150. The van der Waals surface area contributed by atoms with Gasteiger partial charge in [-0.15, -0.1) is 4.99 Å². The molecule has 2 aromatic heterocycles. The van der Waals surface area contributed by atoms with E-state index in [4.69, 9.17) is 10.4 Å². The fraction of sp³-hybridized carbons (Fsp3) is 0.364. The highest BCUT2D eigenvalue weighted by molar-refractivity contribution is 5.83. The van der Waals surface area contributed by atoms with E-state index in [9.17, 15) is 0 Å². The summed E-state index contributed by atoms with van der Waals surface area (Å²) in [7, 11) is 3.87. The van der Waals surface area contributed by atoms with E-state index < -0.39 is 0 Å². The Kier molecular flexibility index (Phi) is 4.02. The number of hydrogen-bond donors (Lipinski definition) is 0. The van der Waals surface area contributed by atoms with Crippen molar-refractivity contribution >= 4 is 16.9 Å². The summed E-state index contributed by atoms with van der Waals surface area (Å²) in [5.41, 5.74) is 4.39. The predicted molar refractivity (Wildman–Crippen MR) is 112 cm³/mol. The summed E-state index contributed by atoms with van der Waals surface area (Å²) < 4.78 is 2.16. The van der Waals surface area contributed by atoms with Crippen LogP contribution in [0.15, 0.2) is 47.6 Å². The van der Waals surface area contributed by atoms with Crippen molar-refractivity contribution in [3.05, 3.63) is 48.3 Å². The van der Waals surface area contributed by atoms with E-state index >= 15 is 0 Å². The zero-order valence-corrected chi connectivity index (χ0v) is 16.7. The SMILES string of the molecule is CN(C)C(=NC#N)N1CCC2(CCn3nc(-c4cnc5ccccc5c4)cc32)C1. The van der Waals surface area contributed by atoms with Gasteiger partial charge in [-0.3, -0.25) is 9.67 Å². The van der Waals surface area contributed by atoms with Crippen molar-refractivity contribution in [2.24, 2.45) is 4.99 Å². The average molecular weight is 385 g/mol. The molecule has 1 saturated heterocycles. The molecule has 0 saturated carbocycles. The number of nitriles is 1. The van der Waals surface area contributed by atoms with Crippen LogP contribution < -0.4 is 0 Å². The number of aromatic nitrogens is 3. The third-order valence-corrected chi connectivity index (χ3v) is 6.20. The molecule has 1 fully saturated rings. The van der Waals surface area contributed by atoms with Crippen LogP contribution in [0.1, 0.15) is 18.5 Å². The van der Waals surface area contributed by atoms with Crippen LogP contribution in [0.4, 0.5) is 0 Å². The molecule has 0 amide bonds. The first-order valence-corrected chi connectivity index (χ1v) is 9.92. The number of para-hydroxylation sites is 1. The zero-order chi connectivity index (χ0) is 20.0. The lowest BCUT2D eigenvalue weighted by Crippen LogP contribution is -2.41. The fourth-order valence-electron chi connectivity index (χ4n) is 4.77. The van der Waals surface area contributed by atoms with Crippen molar-refractivity contribution in [1.82, 2.24) is 24.6 Å². The molecule has 7 heteroatoms. The molecule has 146 valence electrons. The monoisotopic (exact) mass is 385 g/mol. The van der Waals surface area contributed by atoms with Crippen molar-refractivity contribution in [1.29, 1.82) is 5.26 Å². The number of rotatable bonds is 1. The van der Waals surface area contributed by atoms with Crippen LogP contribution in [0.5, 0.6) is 0 Å². The van der Waals surface area contributed by atoms with Crippen molar-refractivity contribution in [2.75, 3.05) is 27.2 Å². The minimum absolute atomic E-state index is 0.0712. The van der Waals surface area contributed by atoms with Gasteiger partial charge in [0.25, 0.3) is 0 Å². The number of aryl methyl sites for hydroxylation is 1. The highest BCUT2D eigenvalue weighted by Crippen LogP contribution is 2.44. The number of nitrogens with zero attached hydrogens (tertiary/aromatic N) is 7. The first-order valence-electron chi connectivity index (χ1n) is 9.92. The first-order chi connectivity index (χ1) is 14.1. The maximum Gasteiger partial charge on any atom is 0.212 e. The second-order valence-electron chi connectivity index (χ2n) is 8.16. The van der Waals surface area contributed by atoms with Crippen LogP contribution in [-0.4, -0.2) is 57.7 Å². The fourth-order valence-corrected chi connectivity index (χ4v) is 4.77. The van der Waals surface area contributed by atoms with Crippen LogP contribution >= 0.6 is 0 Å². The van der Waals surface area contributed by atoms with Gasteiger partial charge in [-0.05, 0) is 31.0 Å². The molecule has 1 aromatic carbocycles. The number of aliphatic imine (C=N–C) groups is 1. The molecule has 0 bridgehead atoms. The Morgan fingerprint density at radius 1 is 1.21 bits per heavy atom. The Morgan fingerprint density at radius 2 is 2.03 bits per heavy atom. The lowest BCUT2D eigenvalue weighted by molar-refractivity contribution is 0.385. The normalized spacial score (nSPS) is 21.0. The number of likely N-dealkylation sites (tertiary alicyclic amines) is 1. The molecular formula is C22H23N7. The third kappa shape index (κ3) is 2.83. The van der Waals surface area contributed by atoms with Crippen molar-refractivity contribution in [3.63, 3.8) is 0 Å². The van der Waals surface area contributed by atoms with Crippen LogP contribution in [0, 0.1) is 11.5 Å². The third-order valence-electron chi connectivity index (χ3n) is 6.20. The summed E-state index contributed by atoms with van der Waals surface area (Å²) in [4.78, 5) is 12.8. The van der Waals surface area contributed by atoms with Gasteiger partial charge in [-0.1, -0.05) is 18.2 Å². The van der Waals surface area contributed by atoms with Gasteiger partial charge in [0.2, 0.25) is 12.2 Å². The second-order valence-corrected chi connectivity index (χ2v) is 8.16. The largest absolute Gasteiger partial charge is 0.348 e. The van der Waals surface area contributed by atoms with Crippen molar-refractivity contribution < 1.29 is 0 Å². The summed E-state index contributed by atoms with van der Waals surface area (Å²) in [5.74, 6) is 0.737. The van der Waals surface area contributed by atoms with E-state index in [0.29, 0.717) is 0 Å². The summed E-state index contributed by atoms with van der Waals surface area (Å²) in [6.45, 7) is 2.69.